The normalized spacial score (nSPS) is 13.8. The van der Waals surface area contributed by atoms with Crippen LogP contribution in [-0.4, -0.2) is 36.0 Å². The van der Waals surface area contributed by atoms with Gasteiger partial charge in [-0.1, -0.05) is 6.42 Å². The molecule has 3 N–H and O–H groups in total. The quantitative estimate of drug-likeness (QED) is 0.253. The third-order valence-electron chi connectivity index (χ3n) is 7.02. The number of aromatic nitrogens is 6. The molecule has 7 rings (SSSR count). The van der Waals surface area contributed by atoms with E-state index in [9.17, 15) is 4.79 Å². The van der Waals surface area contributed by atoms with Gasteiger partial charge in [0.15, 0.2) is 0 Å². The largest absolute Gasteiger partial charge is 0.338 e. The minimum atomic E-state index is 0.0650. The molecule has 0 aliphatic heterocycles. The zero-order valence-corrected chi connectivity index (χ0v) is 20.9. The highest BCUT2D eigenvalue weighted by atomic mass is 32.1. The second kappa shape index (κ2) is 8.63. The van der Waals surface area contributed by atoms with Crippen LogP contribution in [0, 0.1) is 12.8 Å². The monoisotopic (exact) mass is 505 g/mol. The van der Waals surface area contributed by atoms with Gasteiger partial charge in [0.1, 0.15) is 11.3 Å². The van der Waals surface area contributed by atoms with Gasteiger partial charge in [-0.2, -0.15) is 5.10 Å². The van der Waals surface area contributed by atoms with E-state index in [0.29, 0.717) is 5.69 Å². The Balaban J connectivity index is 1.26. The molecule has 9 heteroatoms. The summed E-state index contributed by atoms with van der Waals surface area (Å²) in [6, 6.07) is 12.4. The molecule has 6 aromatic rings. The van der Waals surface area contributed by atoms with Gasteiger partial charge in [0.2, 0.25) is 5.91 Å². The van der Waals surface area contributed by atoms with Crippen molar-refractivity contribution in [3.8, 4) is 33.1 Å². The van der Waals surface area contributed by atoms with Crippen molar-refractivity contribution in [2.24, 2.45) is 5.92 Å². The molecule has 1 saturated carbocycles. The topological polar surface area (TPSA) is 112 Å². The van der Waals surface area contributed by atoms with Crippen molar-refractivity contribution >= 4 is 44.9 Å². The summed E-state index contributed by atoms with van der Waals surface area (Å²) in [6.07, 6.45) is 10.1. The summed E-state index contributed by atoms with van der Waals surface area (Å²) in [5.74, 6) is 0.178. The van der Waals surface area contributed by atoms with Gasteiger partial charge >= 0.3 is 0 Å². The molecule has 0 radical (unpaired) electrons. The maximum Gasteiger partial charge on any atom is 0.227 e. The molecule has 6 heterocycles. The highest BCUT2D eigenvalue weighted by molar-refractivity contribution is 7.15. The Hall–Kier alpha value is -4.37. The number of carbonyl (C=O) groups excluding carboxylic acids is 1. The van der Waals surface area contributed by atoms with Gasteiger partial charge < -0.3 is 10.3 Å². The number of H-pyrrole nitrogens is 2. The van der Waals surface area contributed by atoms with E-state index in [2.05, 4.69) is 66.6 Å². The van der Waals surface area contributed by atoms with E-state index in [-0.39, 0.29) is 11.8 Å². The third kappa shape index (κ3) is 3.88. The van der Waals surface area contributed by atoms with Crippen molar-refractivity contribution in [1.82, 2.24) is 30.1 Å². The molecule has 0 atom stereocenters. The Morgan fingerprint density at radius 2 is 1.97 bits per heavy atom. The van der Waals surface area contributed by atoms with Crippen molar-refractivity contribution < 1.29 is 4.79 Å². The lowest BCUT2D eigenvalue weighted by atomic mass is 9.85. The van der Waals surface area contributed by atoms with E-state index in [4.69, 9.17) is 0 Å². The molecular formula is C28H23N7OS. The Morgan fingerprint density at radius 1 is 1.05 bits per heavy atom. The molecule has 1 amide bonds. The van der Waals surface area contributed by atoms with Crippen LogP contribution in [0.5, 0.6) is 0 Å². The minimum absolute atomic E-state index is 0.0650. The van der Waals surface area contributed by atoms with Crippen LogP contribution >= 0.6 is 11.3 Å². The molecule has 1 aliphatic carbocycles. The molecular weight excluding hydrogens is 482 g/mol. The first-order chi connectivity index (χ1) is 18.1. The summed E-state index contributed by atoms with van der Waals surface area (Å²) < 4.78 is 0. The van der Waals surface area contributed by atoms with Crippen LogP contribution in [0.25, 0.3) is 55.0 Å². The maximum absolute atomic E-state index is 12.4. The molecule has 0 spiro atoms. The van der Waals surface area contributed by atoms with E-state index in [1.54, 1.807) is 29.9 Å². The smallest absolute Gasteiger partial charge is 0.227 e. The number of thiophene rings is 1. The maximum atomic E-state index is 12.4. The lowest BCUT2D eigenvalue weighted by Gasteiger charge is -2.24. The number of anilines is 1. The predicted molar refractivity (Wildman–Crippen MR) is 146 cm³/mol. The summed E-state index contributed by atoms with van der Waals surface area (Å²) in [5.41, 5.74) is 6.76. The molecule has 0 bridgehead atoms. The first-order valence-corrected chi connectivity index (χ1v) is 13.1. The molecule has 1 aliphatic rings. The van der Waals surface area contributed by atoms with E-state index in [0.717, 1.165) is 69.4 Å². The number of rotatable bonds is 5. The highest BCUT2D eigenvalue weighted by Crippen LogP contribution is 2.36. The van der Waals surface area contributed by atoms with Gasteiger partial charge in [-0.3, -0.25) is 19.9 Å². The van der Waals surface area contributed by atoms with Crippen LogP contribution in [0.3, 0.4) is 0 Å². The Bertz CT molecular complexity index is 1790. The van der Waals surface area contributed by atoms with Crippen molar-refractivity contribution in [3.05, 3.63) is 66.1 Å². The van der Waals surface area contributed by atoms with E-state index < -0.39 is 0 Å². The van der Waals surface area contributed by atoms with Crippen LogP contribution in [0.15, 0.2) is 61.2 Å². The van der Waals surface area contributed by atoms with Gasteiger partial charge in [-0.15, -0.1) is 11.3 Å². The van der Waals surface area contributed by atoms with E-state index >= 15 is 0 Å². The van der Waals surface area contributed by atoms with Crippen LogP contribution in [-0.2, 0) is 4.79 Å². The summed E-state index contributed by atoms with van der Waals surface area (Å²) in [4.78, 5) is 31.9. The summed E-state index contributed by atoms with van der Waals surface area (Å²) in [5, 5.41) is 12.7. The molecule has 0 saturated heterocycles. The Labute approximate surface area is 216 Å². The van der Waals surface area contributed by atoms with Gasteiger partial charge in [-0.05, 0) is 56.2 Å². The van der Waals surface area contributed by atoms with Crippen LogP contribution in [0.4, 0.5) is 5.69 Å². The molecule has 6 aromatic heterocycles. The van der Waals surface area contributed by atoms with Gasteiger partial charge in [0, 0.05) is 50.0 Å². The highest BCUT2D eigenvalue weighted by Gasteiger charge is 2.25. The molecule has 0 aromatic carbocycles. The fourth-order valence-corrected chi connectivity index (χ4v) is 5.70. The molecule has 0 unspecified atom stereocenters. The molecule has 1 fully saturated rings. The number of hydrogen-bond donors (Lipinski definition) is 3. The molecule has 182 valence electrons. The number of nitrogens with one attached hydrogen (secondary N) is 3. The minimum Gasteiger partial charge on any atom is -0.338 e. The second-order valence-electron chi connectivity index (χ2n) is 9.48. The lowest BCUT2D eigenvalue weighted by Crippen LogP contribution is -2.28. The third-order valence-corrected chi connectivity index (χ3v) is 8.05. The number of aryl methyl sites for hydroxylation is 1. The Morgan fingerprint density at radius 3 is 2.78 bits per heavy atom. The number of fused-ring (bicyclic) bond motifs is 2. The SMILES string of the molecule is Cc1ccc(-c2ccnc3[nH]c(-c4n[nH]c5cnc(-c6cncc(NC(=O)C7CCC7)c6)cc45)cc23)s1. The fourth-order valence-electron chi connectivity index (χ4n) is 4.79. The van der Waals surface area contributed by atoms with Crippen molar-refractivity contribution in [2.75, 3.05) is 5.32 Å². The average molecular weight is 506 g/mol. The number of hydrogen-bond acceptors (Lipinski definition) is 6. The first kappa shape index (κ1) is 21.9. The molecule has 37 heavy (non-hydrogen) atoms. The number of nitrogens with zero attached hydrogens (tertiary/aromatic N) is 4. The average Bonchev–Trinajstić information content (AvgIpc) is 3.60. The zero-order chi connectivity index (χ0) is 24.9. The zero-order valence-electron chi connectivity index (χ0n) is 20.1. The van der Waals surface area contributed by atoms with Gasteiger partial charge in [0.05, 0.1) is 35.0 Å². The summed E-state index contributed by atoms with van der Waals surface area (Å²) in [7, 11) is 0. The summed E-state index contributed by atoms with van der Waals surface area (Å²) in [6.45, 7) is 2.12. The molecule has 8 nitrogen and oxygen atoms in total. The van der Waals surface area contributed by atoms with Gasteiger partial charge in [-0.25, -0.2) is 4.98 Å². The predicted octanol–water partition coefficient (Wildman–Crippen LogP) is 6.34. The number of amides is 1. The number of pyridine rings is 3. The van der Waals surface area contributed by atoms with Crippen LogP contribution < -0.4 is 5.32 Å². The standard InChI is InChI=1S/C28H23N7OS/c1-15-5-6-25(37-15)19-7-8-30-27-20(19)10-23(33-27)26-21-11-22(31-14-24(21)34-35-26)17-9-18(13-29-12-17)32-28(36)16-3-2-4-16/h5-14,16H,2-4H2,1H3,(H,30,33)(H,32,36)(H,34,35). The number of aromatic amines is 2. The van der Waals surface area contributed by atoms with Crippen LogP contribution in [0.2, 0.25) is 0 Å². The Kier molecular flexibility index (Phi) is 5.10. The summed E-state index contributed by atoms with van der Waals surface area (Å²) >= 11 is 1.77. The van der Waals surface area contributed by atoms with Crippen molar-refractivity contribution in [1.29, 1.82) is 0 Å². The van der Waals surface area contributed by atoms with E-state index in [1.165, 1.54) is 9.75 Å². The van der Waals surface area contributed by atoms with E-state index in [1.807, 2.05) is 18.3 Å². The van der Waals surface area contributed by atoms with Crippen molar-refractivity contribution in [3.63, 3.8) is 0 Å². The van der Waals surface area contributed by atoms with Crippen LogP contribution in [0.1, 0.15) is 24.1 Å². The fraction of sp³-hybridized carbons (Fsp3) is 0.179. The lowest BCUT2D eigenvalue weighted by molar-refractivity contribution is -0.122. The van der Waals surface area contributed by atoms with Crippen molar-refractivity contribution in [2.45, 2.75) is 26.2 Å². The second-order valence-corrected chi connectivity index (χ2v) is 10.8. The number of carbonyl (C=O) groups is 1. The van der Waals surface area contributed by atoms with Gasteiger partial charge in [0.25, 0.3) is 0 Å². The first-order valence-electron chi connectivity index (χ1n) is 12.3.